The first-order chi connectivity index (χ1) is 7.11. The molecular weight excluding hydrogens is 206 g/mol. The summed E-state index contributed by atoms with van der Waals surface area (Å²) in [7, 11) is 1.78. The molecule has 0 aliphatic heterocycles. The van der Waals surface area contributed by atoms with Crippen molar-refractivity contribution in [2.75, 3.05) is 26.0 Å². The van der Waals surface area contributed by atoms with Gasteiger partial charge in [0, 0.05) is 24.2 Å². The number of methoxy groups -OCH3 is 1. The molecule has 2 nitrogen and oxygen atoms in total. The second-order valence-corrected chi connectivity index (χ2v) is 6.31. The summed E-state index contributed by atoms with van der Waals surface area (Å²) in [5, 5.41) is 4.42. The molecule has 1 aliphatic carbocycles. The lowest BCUT2D eigenvalue weighted by Crippen LogP contribution is -2.43. The minimum absolute atomic E-state index is 0.459. The molecule has 0 amide bonds. The van der Waals surface area contributed by atoms with Gasteiger partial charge in [-0.2, -0.15) is 11.8 Å². The highest BCUT2D eigenvalue weighted by Crippen LogP contribution is 2.42. The average molecular weight is 231 g/mol. The fraction of sp³-hybridized carbons (Fsp3) is 1.00. The van der Waals surface area contributed by atoms with Gasteiger partial charge in [0.05, 0.1) is 6.61 Å². The van der Waals surface area contributed by atoms with Crippen molar-refractivity contribution in [1.82, 2.24) is 5.32 Å². The van der Waals surface area contributed by atoms with E-state index in [2.05, 4.69) is 37.8 Å². The third-order valence-electron chi connectivity index (χ3n) is 3.33. The quantitative estimate of drug-likeness (QED) is 0.710. The number of hydrogen-bond acceptors (Lipinski definition) is 3. The predicted molar refractivity (Wildman–Crippen MR) is 68.6 cm³/mol. The smallest absolute Gasteiger partial charge is 0.0553 e. The third-order valence-corrected chi connectivity index (χ3v) is 4.67. The summed E-state index contributed by atoms with van der Waals surface area (Å²) in [6, 6.07) is 0.671. The van der Waals surface area contributed by atoms with Gasteiger partial charge >= 0.3 is 0 Å². The van der Waals surface area contributed by atoms with E-state index in [1.165, 1.54) is 12.8 Å². The largest absolute Gasteiger partial charge is 0.384 e. The molecule has 0 spiro atoms. The fourth-order valence-corrected chi connectivity index (χ4v) is 3.94. The summed E-state index contributed by atoms with van der Waals surface area (Å²) >= 11 is 2.07. The summed E-state index contributed by atoms with van der Waals surface area (Å²) < 4.78 is 5.11. The van der Waals surface area contributed by atoms with Crippen LogP contribution in [0.25, 0.3) is 0 Å². The number of ether oxygens (including phenoxy) is 1. The van der Waals surface area contributed by atoms with Gasteiger partial charge < -0.3 is 10.1 Å². The molecule has 0 radical (unpaired) electrons. The zero-order valence-electron chi connectivity index (χ0n) is 10.5. The van der Waals surface area contributed by atoms with Crippen LogP contribution >= 0.6 is 11.8 Å². The molecule has 3 heteroatoms. The molecule has 0 heterocycles. The molecule has 2 atom stereocenters. The second-order valence-electron chi connectivity index (χ2n) is 4.96. The molecule has 90 valence electrons. The van der Waals surface area contributed by atoms with Crippen LogP contribution in [0, 0.1) is 5.41 Å². The molecule has 1 aliphatic rings. The molecule has 15 heavy (non-hydrogen) atoms. The Hall–Kier alpha value is 0.270. The average Bonchev–Trinajstić information content (AvgIpc) is 2.46. The van der Waals surface area contributed by atoms with Crippen LogP contribution in [-0.4, -0.2) is 37.3 Å². The van der Waals surface area contributed by atoms with E-state index in [-0.39, 0.29) is 0 Å². The van der Waals surface area contributed by atoms with Crippen LogP contribution in [0.5, 0.6) is 0 Å². The van der Waals surface area contributed by atoms with Gasteiger partial charge in [-0.05, 0) is 24.8 Å². The monoisotopic (exact) mass is 231 g/mol. The van der Waals surface area contributed by atoms with Crippen LogP contribution in [-0.2, 0) is 4.74 Å². The Kier molecular flexibility index (Phi) is 5.44. The minimum atomic E-state index is 0.459. The van der Waals surface area contributed by atoms with Crippen molar-refractivity contribution in [3.63, 3.8) is 0 Å². The summed E-state index contributed by atoms with van der Waals surface area (Å²) in [5.74, 6) is 1.12. The van der Waals surface area contributed by atoms with Crippen molar-refractivity contribution in [3.05, 3.63) is 0 Å². The number of rotatable bonds is 6. The maximum atomic E-state index is 5.11. The highest BCUT2D eigenvalue weighted by Gasteiger charge is 2.41. The minimum Gasteiger partial charge on any atom is -0.384 e. The van der Waals surface area contributed by atoms with E-state index in [1.54, 1.807) is 7.11 Å². The zero-order valence-corrected chi connectivity index (χ0v) is 11.3. The van der Waals surface area contributed by atoms with Crippen molar-refractivity contribution in [3.8, 4) is 0 Å². The molecule has 1 rings (SSSR count). The highest BCUT2D eigenvalue weighted by atomic mass is 32.2. The van der Waals surface area contributed by atoms with Gasteiger partial charge in [0.2, 0.25) is 0 Å². The van der Waals surface area contributed by atoms with Gasteiger partial charge in [-0.1, -0.05) is 20.8 Å². The summed E-state index contributed by atoms with van der Waals surface area (Å²) in [5.41, 5.74) is 0.459. The number of nitrogens with one attached hydrogen (secondary N) is 1. The Morgan fingerprint density at radius 3 is 2.80 bits per heavy atom. The van der Waals surface area contributed by atoms with E-state index in [0.29, 0.717) is 11.5 Å². The molecule has 0 bridgehead atoms. The van der Waals surface area contributed by atoms with E-state index in [0.717, 1.165) is 24.2 Å². The molecule has 0 aromatic carbocycles. The van der Waals surface area contributed by atoms with E-state index < -0.39 is 0 Å². The first kappa shape index (κ1) is 13.3. The Labute approximate surface area is 98.5 Å². The number of thioether (sulfide) groups is 1. The van der Waals surface area contributed by atoms with Crippen LogP contribution in [0.3, 0.4) is 0 Å². The molecular formula is C12H25NOS. The second kappa shape index (κ2) is 6.12. The van der Waals surface area contributed by atoms with Crippen LogP contribution in [0.1, 0.15) is 33.6 Å². The van der Waals surface area contributed by atoms with Gasteiger partial charge in [0.1, 0.15) is 0 Å². The topological polar surface area (TPSA) is 21.3 Å². The van der Waals surface area contributed by atoms with Crippen molar-refractivity contribution < 1.29 is 4.74 Å². The van der Waals surface area contributed by atoms with Gasteiger partial charge in [-0.3, -0.25) is 0 Å². The third kappa shape index (κ3) is 3.65. The van der Waals surface area contributed by atoms with Gasteiger partial charge in [0.25, 0.3) is 0 Å². The lowest BCUT2D eigenvalue weighted by atomic mass is 9.87. The lowest BCUT2D eigenvalue weighted by Gasteiger charge is -2.31. The van der Waals surface area contributed by atoms with Crippen molar-refractivity contribution in [2.45, 2.75) is 44.9 Å². The SMILES string of the molecule is CCNC1C(SCCOC)CCC1(C)C. The molecule has 1 fully saturated rings. The highest BCUT2D eigenvalue weighted by molar-refractivity contribution is 8.00. The maximum absolute atomic E-state index is 5.11. The van der Waals surface area contributed by atoms with E-state index >= 15 is 0 Å². The Morgan fingerprint density at radius 2 is 2.20 bits per heavy atom. The van der Waals surface area contributed by atoms with Gasteiger partial charge in [-0.15, -0.1) is 0 Å². The Balaban J connectivity index is 2.42. The summed E-state index contributed by atoms with van der Waals surface area (Å²) in [4.78, 5) is 0. The first-order valence-electron chi connectivity index (χ1n) is 5.95. The van der Waals surface area contributed by atoms with Crippen molar-refractivity contribution >= 4 is 11.8 Å². The molecule has 0 aromatic rings. The van der Waals surface area contributed by atoms with Crippen LogP contribution in [0.4, 0.5) is 0 Å². The van der Waals surface area contributed by atoms with Crippen LogP contribution in [0.15, 0.2) is 0 Å². The Morgan fingerprint density at radius 1 is 1.47 bits per heavy atom. The van der Waals surface area contributed by atoms with Gasteiger partial charge in [-0.25, -0.2) is 0 Å². The first-order valence-corrected chi connectivity index (χ1v) is 7.00. The van der Waals surface area contributed by atoms with Crippen molar-refractivity contribution in [2.24, 2.45) is 5.41 Å². The molecule has 0 saturated heterocycles. The fourth-order valence-electron chi connectivity index (χ4n) is 2.43. The van der Waals surface area contributed by atoms with Gasteiger partial charge in [0.15, 0.2) is 0 Å². The molecule has 1 saturated carbocycles. The van der Waals surface area contributed by atoms with Crippen molar-refractivity contribution in [1.29, 1.82) is 0 Å². The zero-order chi connectivity index (χ0) is 11.3. The van der Waals surface area contributed by atoms with E-state index in [1.807, 2.05) is 0 Å². The summed E-state index contributed by atoms with van der Waals surface area (Å²) in [6.07, 6.45) is 2.69. The molecule has 0 aromatic heterocycles. The molecule has 2 unspecified atom stereocenters. The maximum Gasteiger partial charge on any atom is 0.0553 e. The Bertz CT molecular complexity index is 184. The van der Waals surface area contributed by atoms with Crippen LogP contribution < -0.4 is 5.32 Å². The lowest BCUT2D eigenvalue weighted by molar-refractivity contribution is 0.218. The van der Waals surface area contributed by atoms with Crippen LogP contribution in [0.2, 0.25) is 0 Å². The van der Waals surface area contributed by atoms with E-state index in [4.69, 9.17) is 4.74 Å². The molecule has 1 N–H and O–H groups in total. The van der Waals surface area contributed by atoms with E-state index in [9.17, 15) is 0 Å². The summed E-state index contributed by atoms with van der Waals surface area (Å²) in [6.45, 7) is 8.93. The predicted octanol–water partition coefficient (Wildman–Crippen LogP) is 2.53. The standard InChI is InChI=1S/C12H25NOS/c1-5-13-11-10(15-9-8-14-4)6-7-12(11,2)3/h10-11,13H,5-9H2,1-4H3. The normalized spacial score (nSPS) is 29.6. The number of hydrogen-bond donors (Lipinski definition) is 1.